The predicted molar refractivity (Wildman–Crippen MR) is 17.8 cm³/mol. The SMILES string of the molecule is F.O=S(=O)(O)O.[H-].[Na+]. The van der Waals surface area contributed by atoms with Gasteiger partial charge >= 0.3 is 40.0 Å². The van der Waals surface area contributed by atoms with Crippen molar-refractivity contribution >= 4 is 10.4 Å². The van der Waals surface area contributed by atoms with Gasteiger partial charge in [-0.15, -0.1) is 0 Å². The number of rotatable bonds is 0. The first kappa shape index (κ1) is 15.7. The van der Waals surface area contributed by atoms with Gasteiger partial charge < -0.3 is 1.43 Å². The van der Waals surface area contributed by atoms with E-state index in [0.29, 0.717) is 0 Å². The summed E-state index contributed by atoms with van der Waals surface area (Å²) in [7, 11) is -4.67. The van der Waals surface area contributed by atoms with Gasteiger partial charge in [-0.1, -0.05) is 0 Å². The molecule has 0 aromatic carbocycles. The molecule has 0 aromatic heterocycles. The number of halogens is 1. The first-order valence-electron chi connectivity index (χ1n) is 0.698. The molecule has 0 unspecified atom stereocenters. The van der Waals surface area contributed by atoms with Crippen molar-refractivity contribution in [1.82, 2.24) is 0 Å². The van der Waals surface area contributed by atoms with Crippen molar-refractivity contribution in [2.75, 3.05) is 0 Å². The van der Waals surface area contributed by atoms with E-state index in [-0.39, 0.29) is 35.7 Å². The Morgan fingerprint density at radius 1 is 1.29 bits per heavy atom. The summed E-state index contributed by atoms with van der Waals surface area (Å²) in [6.07, 6.45) is 0. The van der Waals surface area contributed by atoms with Crippen LogP contribution in [0.2, 0.25) is 0 Å². The molecule has 0 atom stereocenters. The van der Waals surface area contributed by atoms with Crippen LogP contribution in [0.25, 0.3) is 0 Å². The van der Waals surface area contributed by atoms with Gasteiger partial charge in [0.15, 0.2) is 0 Å². The van der Waals surface area contributed by atoms with Crippen LogP contribution in [0.4, 0.5) is 4.70 Å². The normalized spacial score (nSPS) is 8.29. The van der Waals surface area contributed by atoms with Gasteiger partial charge in [0.25, 0.3) is 0 Å². The molecule has 0 fully saturated rings. The Balaban J connectivity index is -0.0000000267. The fourth-order valence-electron chi connectivity index (χ4n) is 0. The maximum absolute atomic E-state index is 8.74. The topological polar surface area (TPSA) is 74.6 Å². The van der Waals surface area contributed by atoms with E-state index < -0.39 is 10.4 Å². The minimum Gasteiger partial charge on any atom is -1.00 e. The summed E-state index contributed by atoms with van der Waals surface area (Å²) in [6.45, 7) is 0. The average molecular weight is 142 g/mol. The summed E-state index contributed by atoms with van der Waals surface area (Å²) in [5, 5.41) is 0. The summed E-state index contributed by atoms with van der Waals surface area (Å²) in [5.41, 5.74) is 0. The maximum Gasteiger partial charge on any atom is 1.00 e. The van der Waals surface area contributed by atoms with Crippen LogP contribution in [0.3, 0.4) is 0 Å². The molecule has 0 heterocycles. The quantitative estimate of drug-likeness (QED) is 0.273. The van der Waals surface area contributed by atoms with Crippen molar-refractivity contribution < 1.29 is 53.2 Å². The van der Waals surface area contributed by atoms with E-state index in [1.807, 2.05) is 0 Å². The molecule has 0 aliphatic heterocycles. The van der Waals surface area contributed by atoms with Crippen molar-refractivity contribution in [3.63, 3.8) is 0 Å². The Bertz CT molecular complexity index is 99.2. The Morgan fingerprint density at radius 2 is 1.29 bits per heavy atom. The number of hydrogen-bond donors (Lipinski definition) is 2. The Hall–Kier alpha value is 0.800. The van der Waals surface area contributed by atoms with Gasteiger partial charge in [-0.2, -0.15) is 8.42 Å². The molecule has 0 saturated heterocycles. The van der Waals surface area contributed by atoms with Crippen LogP contribution in [0.15, 0.2) is 0 Å². The molecule has 7 heteroatoms. The molecule has 0 rings (SSSR count). The van der Waals surface area contributed by atoms with Crippen LogP contribution in [0.1, 0.15) is 1.43 Å². The van der Waals surface area contributed by atoms with E-state index in [9.17, 15) is 0 Å². The fourth-order valence-corrected chi connectivity index (χ4v) is 0. The summed E-state index contributed by atoms with van der Waals surface area (Å²) < 4.78 is 31.6. The molecule has 42 valence electrons. The van der Waals surface area contributed by atoms with Gasteiger partial charge in [0.2, 0.25) is 0 Å². The van der Waals surface area contributed by atoms with Crippen LogP contribution in [-0.2, 0) is 10.4 Å². The molecular formula is H4FNaO4S. The van der Waals surface area contributed by atoms with E-state index >= 15 is 0 Å². The molecule has 4 nitrogen and oxygen atoms in total. The van der Waals surface area contributed by atoms with E-state index in [1.165, 1.54) is 0 Å². The monoisotopic (exact) mass is 142 g/mol. The molecule has 0 saturated carbocycles. The van der Waals surface area contributed by atoms with Crippen LogP contribution < -0.4 is 29.6 Å². The maximum atomic E-state index is 8.74. The van der Waals surface area contributed by atoms with Crippen molar-refractivity contribution in [3.05, 3.63) is 0 Å². The minimum absolute atomic E-state index is 0. The van der Waals surface area contributed by atoms with Crippen molar-refractivity contribution in [2.45, 2.75) is 0 Å². The Morgan fingerprint density at radius 3 is 1.29 bits per heavy atom. The molecular weight excluding hydrogens is 138 g/mol. The molecule has 0 aromatic rings. The largest absolute Gasteiger partial charge is 1.00 e. The third-order valence-electron chi connectivity index (χ3n) is 0. The van der Waals surface area contributed by atoms with Crippen LogP contribution in [0, 0.1) is 0 Å². The molecule has 0 aliphatic rings. The Labute approximate surface area is 63.6 Å². The zero-order valence-electron chi connectivity index (χ0n) is 4.53. The predicted octanol–water partition coefficient (Wildman–Crippen LogP) is -3.38. The van der Waals surface area contributed by atoms with E-state index in [1.54, 1.807) is 0 Å². The summed E-state index contributed by atoms with van der Waals surface area (Å²) in [4.78, 5) is 0. The van der Waals surface area contributed by atoms with Crippen molar-refractivity contribution in [2.24, 2.45) is 0 Å². The van der Waals surface area contributed by atoms with E-state index in [0.717, 1.165) is 0 Å². The standard InChI is InChI=1S/FH.Na.H2O4S.H/c;;1-5(2,3)4;/h1H;;(H2,1,2,3,4);/q;+1;;-1. The molecule has 0 aliphatic carbocycles. The Kier molecular flexibility index (Phi) is 11.1. The zero-order valence-corrected chi connectivity index (χ0v) is 6.34. The first-order valence-corrected chi connectivity index (χ1v) is 2.10. The summed E-state index contributed by atoms with van der Waals surface area (Å²) >= 11 is 0. The molecule has 2 N–H and O–H groups in total. The molecule has 0 bridgehead atoms. The third kappa shape index (κ3) is 245. The van der Waals surface area contributed by atoms with Crippen molar-refractivity contribution in [1.29, 1.82) is 0 Å². The van der Waals surface area contributed by atoms with Gasteiger partial charge in [0.1, 0.15) is 0 Å². The van der Waals surface area contributed by atoms with Crippen LogP contribution in [0.5, 0.6) is 0 Å². The van der Waals surface area contributed by atoms with Crippen molar-refractivity contribution in [3.8, 4) is 0 Å². The van der Waals surface area contributed by atoms with Gasteiger partial charge in [-0.05, 0) is 0 Å². The summed E-state index contributed by atoms with van der Waals surface area (Å²) in [6, 6.07) is 0. The smallest absolute Gasteiger partial charge is 1.00 e. The van der Waals surface area contributed by atoms with E-state index in [2.05, 4.69) is 0 Å². The third-order valence-corrected chi connectivity index (χ3v) is 0. The van der Waals surface area contributed by atoms with Gasteiger partial charge in [0.05, 0.1) is 0 Å². The second-order valence-electron chi connectivity index (χ2n) is 0.448. The van der Waals surface area contributed by atoms with Crippen LogP contribution in [-0.4, -0.2) is 17.5 Å². The molecule has 0 spiro atoms. The zero-order chi connectivity index (χ0) is 4.50. The summed E-state index contributed by atoms with van der Waals surface area (Å²) in [5.74, 6) is 0. The fraction of sp³-hybridized carbons (Fsp3) is 0. The average Bonchev–Trinajstić information content (AvgIpc) is 0.722. The molecule has 7 heavy (non-hydrogen) atoms. The molecule has 0 amide bonds. The second kappa shape index (κ2) is 4.95. The van der Waals surface area contributed by atoms with Gasteiger partial charge in [-0.3, -0.25) is 13.8 Å². The van der Waals surface area contributed by atoms with Gasteiger partial charge in [0, 0.05) is 0 Å². The number of hydrogen-bond acceptors (Lipinski definition) is 2. The first-order chi connectivity index (χ1) is 2.00. The van der Waals surface area contributed by atoms with E-state index in [4.69, 9.17) is 17.5 Å². The molecule has 0 radical (unpaired) electrons. The van der Waals surface area contributed by atoms with Gasteiger partial charge in [-0.25, -0.2) is 0 Å². The van der Waals surface area contributed by atoms with Crippen LogP contribution >= 0.6 is 0 Å². The minimum atomic E-state index is -4.67. The second-order valence-corrected chi connectivity index (χ2v) is 1.34.